The van der Waals surface area contributed by atoms with Crippen molar-refractivity contribution in [2.24, 2.45) is 0 Å². The zero-order valence-corrected chi connectivity index (χ0v) is 11.7. The van der Waals surface area contributed by atoms with Gasteiger partial charge in [-0.1, -0.05) is 31.0 Å². The first-order valence-electron chi connectivity index (χ1n) is 6.22. The summed E-state index contributed by atoms with van der Waals surface area (Å²) in [6, 6.07) is 7.10. The van der Waals surface area contributed by atoms with Crippen molar-refractivity contribution in [3.8, 4) is 0 Å². The van der Waals surface area contributed by atoms with Gasteiger partial charge in [-0.15, -0.1) is 0 Å². The number of nitrogens with one attached hydrogen (secondary N) is 2. The van der Waals surface area contributed by atoms with Gasteiger partial charge in [0.2, 0.25) is 0 Å². The van der Waals surface area contributed by atoms with Crippen LogP contribution in [0, 0.1) is 6.92 Å². The Bertz CT molecular complexity index is 592. The molecule has 0 saturated heterocycles. The highest BCUT2D eigenvalue weighted by molar-refractivity contribution is 6.31. The third-order valence-corrected chi connectivity index (χ3v) is 3.07. The molecule has 0 radical (unpaired) electrons. The number of benzene rings is 1. The largest absolute Gasteiger partial charge is 0.305 e. The van der Waals surface area contributed by atoms with Gasteiger partial charge in [-0.05, 0) is 31.0 Å². The number of hydrogen-bond donors (Lipinski definition) is 2. The molecule has 0 unspecified atom stereocenters. The highest BCUT2D eigenvalue weighted by Gasteiger charge is 2.11. The Kier molecular flexibility index (Phi) is 4.22. The van der Waals surface area contributed by atoms with Crippen LogP contribution in [-0.2, 0) is 6.42 Å². The number of amides is 1. The van der Waals surface area contributed by atoms with Gasteiger partial charge >= 0.3 is 0 Å². The maximum absolute atomic E-state index is 12.1. The van der Waals surface area contributed by atoms with E-state index in [1.54, 1.807) is 12.1 Å². The van der Waals surface area contributed by atoms with Gasteiger partial charge in [0.05, 0.1) is 0 Å². The van der Waals surface area contributed by atoms with E-state index < -0.39 is 0 Å². The Balaban J connectivity index is 2.13. The molecule has 100 valence electrons. The standard InChI is InChI=1S/C14H16ClN3O/c1-3-4-11-8-13(18-17-11)16-14(19)12-7-10(15)6-5-9(12)2/h5-8H,3-4H2,1-2H3,(H2,16,17,18,19). The number of aromatic amines is 1. The van der Waals surface area contributed by atoms with Crippen molar-refractivity contribution in [1.82, 2.24) is 10.2 Å². The topological polar surface area (TPSA) is 57.8 Å². The summed E-state index contributed by atoms with van der Waals surface area (Å²) in [6.45, 7) is 3.97. The zero-order valence-electron chi connectivity index (χ0n) is 11.0. The van der Waals surface area contributed by atoms with Gasteiger partial charge in [-0.2, -0.15) is 5.10 Å². The first kappa shape index (κ1) is 13.6. The number of aryl methyl sites for hydroxylation is 2. The number of hydrogen-bond acceptors (Lipinski definition) is 2. The predicted octanol–water partition coefficient (Wildman–Crippen LogP) is 3.58. The molecule has 4 nitrogen and oxygen atoms in total. The van der Waals surface area contributed by atoms with Crippen molar-refractivity contribution < 1.29 is 4.79 Å². The molecule has 1 aromatic carbocycles. The van der Waals surface area contributed by atoms with Crippen molar-refractivity contribution in [1.29, 1.82) is 0 Å². The molecule has 1 aromatic heterocycles. The summed E-state index contributed by atoms with van der Waals surface area (Å²) < 4.78 is 0. The number of carbonyl (C=O) groups is 1. The number of aromatic nitrogens is 2. The molecule has 0 saturated carbocycles. The smallest absolute Gasteiger partial charge is 0.257 e. The van der Waals surface area contributed by atoms with Crippen LogP contribution >= 0.6 is 11.6 Å². The summed E-state index contributed by atoms with van der Waals surface area (Å²) in [5.41, 5.74) is 2.46. The van der Waals surface area contributed by atoms with E-state index in [4.69, 9.17) is 11.6 Å². The van der Waals surface area contributed by atoms with E-state index in [-0.39, 0.29) is 5.91 Å². The number of halogens is 1. The van der Waals surface area contributed by atoms with Crippen molar-refractivity contribution >= 4 is 23.3 Å². The highest BCUT2D eigenvalue weighted by Crippen LogP contribution is 2.17. The molecular formula is C14H16ClN3O. The molecule has 2 aromatic rings. The van der Waals surface area contributed by atoms with Crippen LogP contribution in [0.25, 0.3) is 0 Å². The van der Waals surface area contributed by atoms with Gasteiger partial charge < -0.3 is 5.32 Å². The molecule has 2 rings (SSSR count). The molecule has 0 fully saturated rings. The van der Waals surface area contributed by atoms with Gasteiger partial charge in [-0.25, -0.2) is 0 Å². The SMILES string of the molecule is CCCc1cc(NC(=O)c2cc(Cl)ccc2C)n[nH]1. The normalized spacial score (nSPS) is 10.5. The molecule has 2 N–H and O–H groups in total. The first-order chi connectivity index (χ1) is 9.10. The predicted molar refractivity (Wildman–Crippen MR) is 76.7 cm³/mol. The molecule has 19 heavy (non-hydrogen) atoms. The second kappa shape index (κ2) is 5.89. The maximum atomic E-state index is 12.1. The Labute approximate surface area is 117 Å². The number of anilines is 1. The summed E-state index contributed by atoms with van der Waals surface area (Å²) in [7, 11) is 0. The number of rotatable bonds is 4. The van der Waals surface area contributed by atoms with Gasteiger partial charge in [0, 0.05) is 22.3 Å². The maximum Gasteiger partial charge on any atom is 0.257 e. The lowest BCUT2D eigenvalue weighted by molar-refractivity contribution is 0.102. The quantitative estimate of drug-likeness (QED) is 0.897. The summed E-state index contributed by atoms with van der Waals surface area (Å²) in [5, 5.41) is 10.3. The number of carbonyl (C=O) groups excluding carboxylic acids is 1. The monoisotopic (exact) mass is 277 g/mol. The highest BCUT2D eigenvalue weighted by atomic mass is 35.5. The van der Waals surface area contributed by atoms with Crippen LogP contribution in [0.15, 0.2) is 24.3 Å². The first-order valence-corrected chi connectivity index (χ1v) is 6.59. The molecule has 0 aliphatic heterocycles. The summed E-state index contributed by atoms with van der Waals surface area (Å²) in [6.07, 6.45) is 1.95. The lowest BCUT2D eigenvalue weighted by Crippen LogP contribution is -2.13. The van der Waals surface area contributed by atoms with Crippen molar-refractivity contribution in [3.05, 3.63) is 46.1 Å². The zero-order chi connectivity index (χ0) is 13.8. The second-order valence-corrected chi connectivity index (χ2v) is 4.88. The molecule has 0 atom stereocenters. The van der Waals surface area contributed by atoms with Crippen LogP contribution in [0.5, 0.6) is 0 Å². The van der Waals surface area contributed by atoms with E-state index in [1.165, 1.54) is 0 Å². The van der Waals surface area contributed by atoms with E-state index in [0.717, 1.165) is 24.1 Å². The fourth-order valence-corrected chi connectivity index (χ4v) is 2.02. The molecule has 1 amide bonds. The van der Waals surface area contributed by atoms with E-state index in [0.29, 0.717) is 16.4 Å². The molecule has 0 aliphatic carbocycles. The second-order valence-electron chi connectivity index (χ2n) is 4.44. The molecular weight excluding hydrogens is 262 g/mol. The molecule has 5 heteroatoms. The van der Waals surface area contributed by atoms with Crippen molar-refractivity contribution in [2.45, 2.75) is 26.7 Å². The van der Waals surface area contributed by atoms with Crippen LogP contribution < -0.4 is 5.32 Å². The summed E-state index contributed by atoms with van der Waals surface area (Å²) in [5.74, 6) is 0.336. The fraction of sp³-hybridized carbons (Fsp3) is 0.286. The van der Waals surface area contributed by atoms with Crippen LogP contribution in [0.1, 0.15) is 35.0 Å². The summed E-state index contributed by atoms with van der Waals surface area (Å²) >= 11 is 5.91. The fourth-order valence-electron chi connectivity index (χ4n) is 1.85. The van der Waals surface area contributed by atoms with Crippen LogP contribution in [0.2, 0.25) is 5.02 Å². The van der Waals surface area contributed by atoms with Crippen molar-refractivity contribution in [2.75, 3.05) is 5.32 Å². The molecule has 1 heterocycles. The van der Waals surface area contributed by atoms with Crippen molar-refractivity contribution in [3.63, 3.8) is 0 Å². The lowest BCUT2D eigenvalue weighted by Gasteiger charge is -2.05. The third kappa shape index (κ3) is 3.35. The van der Waals surface area contributed by atoms with Crippen LogP contribution in [-0.4, -0.2) is 16.1 Å². The number of H-pyrrole nitrogens is 1. The van der Waals surface area contributed by atoms with Crippen LogP contribution in [0.3, 0.4) is 0 Å². The van der Waals surface area contributed by atoms with E-state index in [2.05, 4.69) is 22.4 Å². The van der Waals surface area contributed by atoms with E-state index in [1.807, 2.05) is 19.1 Å². The average Bonchev–Trinajstić information content (AvgIpc) is 2.80. The van der Waals surface area contributed by atoms with Gasteiger partial charge in [0.25, 0.3) is 5.91 Å². The Morgan fingerprint density at radius 1 is 1.42 bits per heavy atom. The molecule has 0 spiro atoms. The minimum atomic E-state index is -0.199. The van der Waals surface area contributed by atoms with Gasteiger partial charge in [0.15, 0.2) is 5.82 Å². The minimum Gasteiger partial charge on any atom is -0.305 e. The van der Waals surface area contributed by atoms with E-state index >= 15 is 0 Å². The lowest BCUT2D eigenvalue weighted by atomic mass is 10.1. The Hall–Kier alpha value is -1.81. The van der Waals surface area contributed by atoms with Gasteiger partial charge in [0.1, 0.15) is 0 Å². The molecule has 0 aliphatic rings. The third-order valence-electron chi connectivity index (χ3n) is 2.84. The molecule has 0 bridgehead atoms. The van der Waals surface area contributed by atoms with Gasteiger partial charge in [-0.3, -0.25) is 9.89 Å². The average molecular weight is 278 g/mol. The number of nitrogens with zero attached hydrogens (tertiary/aromatic N) is 1. The van der Waals surface area contributed by atoms with E-state index in [9.17, 15) is 4.79 Å². The summed E-state index contributed by atoms with van der Waals surface area (Å²) in [4.78, 5) is 12.1. The minimum absolute atomic E-state index is 0.199. The van der Waals surface area contributed by atoms with Crippen LogP contribution in [0.4, 0.5) is 5.82 Å². The Morgan fingerprint density at radius 3 is 2.95 bits per heavy atom. The Morgan fingerprint density at radius 2 is 2.21 bits per heavy atom.